The standard InChI is InChI=1S/C17H20N2O6S2/c1-12(20)19-13-4-6-15(7-5-13)27(23,24)17-11-26(21,22)10-16(17)18-9-14-3-2-8-25-14/h2-8,16-18H,9-11H2,1H3,(H,19,20)/t16-,17-/m0/s1. The molecule has 2 heterocycles. The number of nitrogens with one attached hydrogen (secondary N) is 2. The summed E-state index contributed by atoms with van der Waals surface area (Å²) in [4.78, 5) is 11.1. The molecule has 1 aliphatic heterocycles. The van der Waals surface area contributed by atoms with E-state index in [9.17, 15) is 21.6 Å². The van der Waals surface area contributed by atoms with Crippen molar-refractivity contribution in [3.8, 4) is 0 Å². The molecule has 0 saturated carbocycles. The average molecular weight is 412 g/mol. The summed E-state index contributed by atoms with van der Waals surface area (Å²) in [5.41, 5.74) is 0.466. The van der Waals surface area contributed by atoms with E-state index in [1.807, 2.05) is 0 Å². The maximum absolute atomic E-state index is 13.0. The Hall–Kier alpha value is -2.17. The highest BCUT2D eigenvalue weighted by atomic mass is 32.2. The molecule has 0 aliphatic carbocycles. The second-order valence-corrected chi connectivity index (χ2v) is 10.8. The Morgan fingerprint density at radius 1 is 1.19 bits per heavy atom. The van der Waals surface area contributed by atoms with Crippen LogP contribution in [0.1, 0.15) is 12.7 Å². The molecular formula is C17H20N2O6S2. The van der Waals surface area contributed by atoms with E-state index in [4.69, 9.17) is 4.42 Å². The van der Waals surface area contributed by atoms with E-state index in [0.717, 1.165) is 0 Å². The van der Waals surface area contributed by atoms with Crippen molar-refractivity contribution in [2.75, 3.05) is 16.8 Å². The summed E-state index contributed by atoms with van der Waals surface area (Å²) in [6.45, 7) is 1.59. The first-order valence-electron chi connectivity index (χ1n) is 8.25. The molecule has 0 radical (unpaired) electrons. The number of carbonyl (C=O) groups is 1. The number of hydrogen-bond acceptors (Lipinski definition) is 7. The second-order valence-electron chi connectivity index (χ2n) is 6.43. The first kappa shape index (κ1) is 19.6. The Labute approximate surface area is 157 Å². The number of furan rings is 1. The Kier molecular flexibility index (Phi) is 5.41. The summed E-state index contributed by atoms with van der Waals surface area (Å²) in [5.74, 6) is -0.356. The molecule has 1 aromatic carbocycles. The van der Waals surface area contributed by atoms with Gasteiger partial charge < -0.3 is 15.1 Å². The molecule has 1 aromatic heterocycles. The van der Waals surface area contributed by atoms with E-state index in [1.165, 1.54) is 37.5 Å². The molecule has 2 atom stereocenters. The van der Waals surface area contributed by atoms with E-state index >= 15 is 0 Å². The van der Waals surface area contributed by atoms with Crippen LogP contribution < -0.4 is 10.6 Å². The van der Waals surface area contributed by atoms with Crippen LogP contribution in [0.3, 0.4) is 0 Å². The number of sulfone groups is 2. The molecule has 146 valence electrons. The summed E-state index contributed by atoms with van der Waals surface area (Å²) in [6, 6.07) is 8.38. The van der Waals surface area contributed by atoms with Crippen LogP contribution in [0.25, 0.3) is 0 Å². The van der Waals surface area contributed by atoms with Gasteiger partial charge >= 0.3 is 0 Å². The Bertz CT molecular complexity index is 1010. The zero-order valence-corrected chi connectivity index (χ0v) is 16.2. The van der Waals surface area contributed by atoms with Crippen molar-refractivity contribution in [2.45, 2.75) is 29.7 Å². The van der Waals surface area contributed by atoms with E-state index in [2.05, 4.69) is 10.6 Å². The van der Waals surface area contributed by atoms with Crippen LogP contribution in [-0.2, 0) is 31.0 Å². The monoisotopic (exact) mass is 412 g/mol. The van der Waals surface area contributed by atoms with E-state index in [-0.39, 0.29) is 23.1 Å². The highest BCUT2D eigenvalue weighted by molar-refractivity contribution is 7.96. The molecule has 10 heteroatoms. The molecule has 1 aliphatic rings. The highest BCUT2D eigenvalue weighted by Crippen LogP contribution is 2.27. The number of amides is 1. The van der Waals surface area contributed by atoms with Crippen LogP contribution in [0.4, 0.5) is 5.69 Å². The molecule has 27 heavy (non-hydrogen) atoms. The summed E-state index contributed by atoms with van der Waals surface area (Å²) in [5, 5.41) is 4.46. The van der Waals surface area contributed by atoms with Crippen molar-refractivity contribution in [2.24, 2.45) is 0 Å². The second kappa shape index (κ2) is 7.45. The zero-order valence-electron chi connectivity index (χ0n) is 14.6. The quantitative estimate of drug-likeness (QED) is 0.725. The minimum absolute atomic E-state index is 0.0171. The number of benzene rings is 1. The smallest absolute Gasteiger partial charge is 0.221 e. The van der Waals surface area contributed by atoms with Crippen LogP contribution >= 0.6 is 0 Å². The van der Waals surface area contributed by atoms with E-state index in [1.54, 1.807) is 12.1 Å². The van der Waals surface area contributed by atoms with Crippen molar-refractivity contribution < 1.29 is 26.0 Å². The van der Waals surface area contributed by atoms with Gasteiger partial charge in [0.05, 0.1) is 34.5 Å². The van der Waals surface area contributed by atoms with Gasteiger partial charge in [0, 0.05) is 18.7 Å². The predicted molar refractivity (Wildman–Crippen MR) is 99.7 cm³/mol. The summed E-state index contributed by atoms with van der Waals surface area (Å²) in [6.07, 6.45) is 1.49. The Balaban J connectivity index is 1.82. The van der Waals surface area contributed by atoms with Crippen LogP contribution in [0, 0.1) is 0 Å². The van der Waals surface area contributed by atoms with Crippen LogP contribution in [-0.4, -0.2) is 45.5 Å². The van der Waals surface area contributed by atoms with Gasteiger partial charge in [-0.05, 0) is 36.4 Å². The molecule has 1 fully saturated rings. The fourth-order valence-electron chi connectivity index (χ4n) is 3.06. The molecule has 1 amide bonds. The average Bonchev–Trinajstić information content (AvgIpc) is 3.20. The van der Waals surface area contributed by atoms with Crippen molar-refractivity contribution in [1.29, 1.82) is 0 Å². The number of carbonyl (C=O) groups excluding carboxylic acids is 1. The van der Waals surface area contributed by atoms with Crippen molar-refractivity contribution in [3.63, 3.8) is 0 Å². The van der Waals surface area contributed by atoms with Crippen LogP contribution in [0.15, 0.2) is 52.0 Å². The fourth-order valence-corrected chi connectivity index (χ4v) is 7.78. The summed E-state index contributed by atoms with van der Waals surface area (Å²) >= 11 is 0. The molecule has 8 nitrogen and oxygen atoms in total. The number of rotatable bonds is 6. The molecule has 0 spiro atoms. The van der Waals surface area contributed by atoms with Gasteiger partial charge in [0.1, 0.15) is 5.76 Å². The van der Waals surface area contributed by atoms with Gasteiger partial charge in [0.2, 0.25) is 5.91 Å². The molecule has 1 saturated heterocycles. The minimum Gasteiger partial charge on any atom is -0.468 e. The van der Waals surface area contributed by atoms with Gasteiger partial charge in [-0.2, -0.15) is 0 Å². The van der Waals surface area contributed by atoms with E-state index < -0.39 is 36.7 Å². The maximum atomic E-state index is 13.0. The molecule has 2 N–H and O–H groups in total. The molecule has 0 unspecified atom stereocenters. The van der Waals surface area contributed by atoms with E-state index in [0.29, 0.717) is 11.4 Å². The lowest BCUT2D eigenvalue weighted by molar-refractivity contribution is -0.114. The van der Waals surface area contributed by atoms with Crippen LogP contribution in [0.5, 0.6) is 0 Å². The van der Waals surface area contributed by atoms with Crippen molar-refractivity contribution in [1.82, 2.24) is 5.32 Å². The lowest BCUT2D eigenvalue weighted by Crippen LogP contribution is -2.42. The molecule has 2 aromatic rings. The van der Waals surface area contributed by atoms with Crippen molar-refractivity contribution >= 4 is 31.3 Å². The molecular weight excluding hydrogens is 392 g/mol. The fraction of sp³-hybridized carbons (Fsp3) is 0.353. The maximum Gasteiger partial charge on any atom is 0.221 e. The van der Waals surface area contributed by atoms with Gasteiger partial charge in [-0.3, -0.25) is 4.79 Å². The largest absolute Gasteiger partial charge is 0.468 e. The summed E-state index contributed by atoms with van der Waals surface area (Å²) < 4.78 is 55.4. The topological polar surface area (TPSA) is 123 Å². The first-order chi connectivity index (χ1) is 12.7. The van der Waals surface area contributed by atoms with Gasteiger partial charge in [-0.1, -0.05) is 0 Å². The normalized spacial score (nSPS) is 21.8. The first-order valence-corrected chi connectivity index (χ1v) is 11.6. The molecule has 3 rings (SSSR count). The number of hydrogen-bond donors (Lipinski definition) is 2. The zero-order chi connectivity index (χ0) is 19.7. The van der Waals surface area contributed by atoms with Gasteiger partial charge in [-0.25, -0.2) is 16.8 Å². The SMILES string of the molecule is CC(=O)Nc1ccc(S(=O)(=O)[C@H]2CS(=O)(=O)C[C@@H]2NCc2ccco2)cc1. The third-order valence-electron chi connectivity index (χ3n) is 4.32. The lowest BCUT2D eigenvalue weighted by Gasteiger charge is -2.19. The molecule has 0 bridgehead atoms. The Morgan fingerprint density at radius 3 is 2.48 bits per heavy atom. The lowest BCUT2D eigenvalue weighted by atomic mass is 10.2. The summed E-state index contributed by atoms with van der Waals surface area (Å²) in [7, 11) is -7.36. The Morgan fingerprint density at radius 2 is 1.89 bits per heavy atom. The third kappa shape index (κ3) is 4.57. The highest BCUT2D eigenvalue weighted by Gasteiger charge is 2.45. The van der Waals surface area contributed by atoms with Gasteiger partial charge in [0.15, 0.2) is 19.7 Å². The third-order valence-corrected chi connectivity index (χ3v) is 8.49. The predicted octanol–water partition coefficient (Wildman–Crippen LogP) is 0.967. The van der Waals surface area contributed by atoms with Crippen LogP contribution in [0.2, 0.25) is 0 Å². The van der Waals surface area contributed by atoms with Crippen molar-refractivity contribution in [3.05, 3.63) is 48.4 Å². The number of anilines is 1. The van der Waals surface area contributed by atoms with Gasteiger partial charge in [0.25, 0.3) is 0 Å². The minimum atomic E-state index is -3.88. The van der Waals surface area contributed by atoms with Gasteiger partial charge in [-0.15, -0.1) is 0 Å².